The van der Waals surface area contributed by atoms with E-state index in [1.807, 2.05) is 12.1 Å². The van der Waals surface area contributed by atoms with Crippen LogP contribution < -0.4 is 21.6 Å². The van der Waals surface area contributed by atoms with Crippen molar-refractivity contribution in [3.63, 3.8) is 0 Å². The molecule has 18 nitrogen and oxygen atoms in total. The molecule has 1 aromatic carbocycles. The van der Waals surface area contributed by atoms with Gasteiger partial charge in [0.1, 0.15) is 17.4 Å². The molecule has 6 aromatic rings. The lowest BCUT2D eigenvalue weighted by Gasteiger charge is -2.44. The van der Waals surface area contributed by atoms with Crippen molar-refractivity contribution in [1.82, 2.24) is 58.6 Å². The van der Waals surface area contributed by atoms with E-state index in [0.29, 0.717) is 40.8 Å². The number of hydrogen-bond acceptors (Lipinski definition) is 11. The average molecular weight is 865 g/mol. The quantitative estimate of drug-likeness (QED) is 0.192. The Morgan fingerprint density at radius 3 is 2.41 bits per heavy atom. The average Bonchev–Trinajstić information content (AvgIpc) is 4.10. The van der Waals surface area contributed by atoms with Crippen molar-refractivity contribution in [2.75, 3.05) is 50.7 Å². The summed E-state index contributed by atoms with van der Waals surface area (Å²) in [6, 6.07) is 10.8. The summed E-state index contributed by atoms with van der Waals surface area (Å²) < 4.78 is 36.5. The number of nitrogens with two attached hydrogens (primary N) is 1. The molecule has 3 amide bonds. The number of para-hydroxylation sites is 1. The number of alkyl halides is 2. The molecule has 10 rings (SSSR count). The van der Waals surface area contributed by atoms with Crippen LogP contribution >= 0.6 is 0 Å². The number of benzene rings is 1. The molecule has 4 fully saturated rings. The lowest BCUT2D eigenvalue weighted by molar-refractivity contribution is -0.135. The minimum Gasteiger partial charge on any atom is -0.370 e. The van der Waals surface area contributed by atoms with E-state index in [4.69, 9.17) is 5.73 Å². The van der Waals surface area contributed by atoms with Crippen molar-refractivity contribution in [3.05, 3.63) is 76.7 Å². The van der Waals surface area contributed by atoms with Crippen molar-refractivity contribution in [1.29, 1.82) is 0 Å². The van der Waals surface area contributed by atoms with Crippen molar-refractivity contribution in [3.8, 4) is 17.1 Å². The highest BCUT2D eigenvalue weighted by Crippen LogP contribution is 2.36. The number of fused-ring (bicyclic) bond motifs is 2. The number of carbonyl (C=O) groups is 3. The molecule has 8 heterocycles. The first kappa shape index (κ1) is 40.8. The SMILES string of the molecule is Cn1c(=O)n(C2CCC(=O)NC2=O)c2cccc(N3CCC(N4CCN(CC5CCC(n6cc(-n7cc(-c8ccc9cc(C(N)=O)cnn89)nn7)c(C(F)F)n6)CC5)CC4)CC3)c21. The van der Waals surface area contributed by atoms with Gasteiger partial charge in [-0.2, -0.15) is 10.2 Å². The van der Waals surface area contributed by atoms with Crippen molar-refractivity contribution in [2.45, 2.75) is 75.9 Å². The molecule has 3 saturated heterocycles. The van der Waals surface area contributed by atoms with Crippen molar-refractivity contribution in [2.24, 2.45) is 18.7 Å². The van der Waals surface area contributed by atoms with E-state index in [2.05, 4.69) is 46.6 Å². The lowest BCUT2D eigenvalue weighted by Crippen LogP contribution is -2.54. The monoisotopic (exact) mass is 864 g/mol. The Morgan fingerprint density at radius 1 is 0.905 bits per heavy atom. The molecule has 0 bridgehead atoms. The van der Waals surface area contributed by atoms with Gasteiger partial charge in [0.2, 0.25) is 17.7 Å². The van der Waals surface area contributed by atoms with Gasteiger partial charge in [0, 0.05) is 65.3 Å². The largest absolute Gasteiger partial charge is 0.370 e. The summed E-state index contributed by atoms with van der Waals surface area (Å²) in [6.07, 6.45) is 8.07. The van der Waals surface area contributed by atoms with E-state index in [-0.39, 0.29) is 41.0 Å². The van der Waals surface area contributed by atoms with Gasteiger partial charge in [-0.25, -0.2) is 22.8 Å². The highest BCUT2D eigenvalue weighted by molar-refractivity contribution is 6.00. The third kappa shape index (κ3) is 7.57. The molecule has 1 aliphatic carbocycles. The van der Waals surface area contributed by atoms with Crippen LogP contribution in [0.2, 0.25) is 0 Å². The zero-order valence-corrected chi connectivity index (χ0v) is 35.0. The van der Waals surface area contributed by atoms with Gasteiger partial charge in [0.25, 0.3) is 6.43 Å². The molecule has 63 heavy (non-hydrogen) atoms. The highest BCUT2D eigenvalue weighted by atomic mass is 19.3. The standard InChI is InChI=1S/C43H50F2N14O4/c1-52-39-33(3-2-4-34(39)58(43(52)63)35-11-12-37(60)48-42(35)62)55-15-13-28(14-16-55)54-19-17-53(18-20-54)23-26-5-7-29(8-6-26)56-25-36(38(50-56)40(44)45)57-24-31(49-51-57)32-10-9-30-21-27(41(46)61)22-47-59(30)32/h2-4,9-10,21-22,24-26,28-29,35,40H,5-8,11-20,23H2,1H3,(H2,46,61)(H,48,60,62). The molecular weight excluding hydrogens is 815 g/mol. The number of nitrogens with zero attached hydrogens (tertiary/aromatic N) is 12. The number of aryl methyl sites for hydroxylation is 1. The number of primary amides is 1. The molecule has 3 N–H and O–H groups in total. The van der Waals surface area contributed by atoms with Crippen LogP contribution in [0.5, 0.6) is 0 Å². The Kier molecular flexibility index (Phi) is 10.6. The van der Waals surface area contributed by atoms with Crippen LogP contribution in [0, 0.1) is 5.92 Å². The Labute approximate surface area is 360 Å². The number of aromatic nitrogens is 9. The fourth-order valence-electron chi connectivity index (χ4n) is 10.4. The summed E-state index contributed by atoms with van der Waals surface area (Å²) in [7, 11) is 1.75. The third-order valence-electron chi connectivity index (χ3n) is 13.8. The molecule has 0 radical (unpaired) electrons. The topological polar surface area (TPSA) is 192 Å². The molecule has 1 atom stereocenters. The van der Waals surface area contributed by atoms with Crippen molar-refractivity contribution >= 4 is 40.0 Å². The Balaban J connectivity index is 0.718. The molecule has 0 spiro atoms. The molecule has 330 valence electrons. The summed E-state index contributed by atoms with van der Waals surface area (Å²) in [5.41, 5.74) is 9.42. The predicted octanol–water partition coefficient (Wildman–Crippen LogP) is 3.46. The minimum atomic E-state index is -2.79. The van der Waals surface area contributed by atoms with Crippen molar-refractivity contribution < 1.29 is 23.2 Å². The van der Waals surface area contributed by atoms with Gasteiger partial charge in [-0.3, -0.25) is 38.4 Å². The number of piperazine rings is 1. The minimum absolute atomic E-state index is 0.0125. The normalized spacial score (nSPS) is 22.2. The molecule has 1 saturated carbocycles. The van der Waals surface area contributed by atoms with E-state index in [1.165, 1.54) is 10.9 Å². The van der Waals surface area contributed by atoms with Crippen LogP contribution in [-0.2, 0) is 16.6 Å². The number of piperidine rings is 2. The van der Waals surface area contributed by atoms with E-state index >= 15 is 0 Å². The van der Waals surface area contributed by atoms with Crippen LogP contribution in [0.3, 0.4) is 0 Å². The first-order valence-electron chi connectivity index (χ1n) is 21.8. The third-order valence-corrected chi connectivity index (χ3v) is 13.8. The fraction of sp³-hybridized carbons (Fsp3) is 0.488. The number of imide groups is 1. The molecule has 3 aliphatic heterocycles. The lowest BCUT2D eigenvalue weighted by atomic mass is 9.85. The maximum Gasteiger partial charge on any atom is 0.329 e. The Bertz CT molecular complexity index is 2760. The van der Waals surface area contributed by atoms with Crippen LogP contribution in [0.4, 0.5) is 14.5 Å². The van der Waals surface area contributed by atoms with Gasteiger partial charge >= 0.3 is 5.69 Å². The van der Waals surface area contributed by atoms with Gasteiger partial charge in [-0.15, -0.1) is 5.10 Å². The number of nitrogens with one attached hydrogen (secondary N) is 1. The van der Waals surface area contributed by atoms with Crippen LogP contribution in [0.1, 0.15) is 85.9 Å². The number of hydrogen-bond donors (Lipinski definition) is 2. The molecular formula is C43H50F2N14O4. The summed E-state index contributed by atoms with van der Waals surface area (Å²) in [6.45, 7) is 6.82. The Morgan fingerprint density at radius 2 is 1.68 bits per heavy atom. The summed E-state index contributed by atoms with van der Waals surface area (Å²) in [4.78, 5) is 57.2. The summed E-state index contributed by atoms with van der Waals surface area (Å²) >= 11 is 0. The predicted molar refractivity (Wildman–Crippen MR) is 228 cm³/mol. The maximum absolute atomic E-state index is 14.4. The number of imidazole rings is 1. The first-order chi connectivity index (χ1) is 30.5. The second-order valence-corrected chi connectivity index (χ2v) is 17.4. The van der Waals surface area contributed by atoms with Crippen LogP contribution in [-0.4, -0.2) is 123 Å². The zero-order chi connectivity index (χ0) is 43.5. The molecule has 20 heteroatoms. The molecule has 5 aromatic heterocycles. The van der Waals surface area contributed by atoms with E-state index in [0.717, 1.165) is 95.5 Å². The van der Waals surface area contributed by atoms with Gasteiger partial charge < -0.3 is 15.5 Å². The van der Waals surface area contributed by atoms with E-state index < -0.39 is 24.3 Å². The maximum atomic E-state index is 14.4. The fourth-order valence-corrected chi connectivity index (χ4v) is 10.4. The summed E-state index contributed by atoms with van der Waals surface area (Å²) in [5.74, 6) is -0.790. The number of amides is 3. The van der Waals surface area contributed by atoms with Gasteiger partial charge in [0.05, 0.1) is 58.1 Å². The van der Waals surface area contributed by atoms with E-state index in [1.54, 1.807) is 56.0 Å². The second kappa shape index (κ2) is 16.4. The summed E-state index contributed by atoms with van der Waals surface area (Å²) in [5, 5.41) is 19.5. The highest BCUT2D eigenvalue weighted by Gasteiger charge is 2.34. The molecule has 4 aliphatic rings. The number of halogens is 2. The van der Waals surface area contributed by atoms with Gasteiger partial charge in [0.15, 0.2) is 5.69 Å². The van der Waals surface area contributed by atoms with Gasteiger partial charge in [-0.05, 0) is 81.2 Å². The van der Waals surface area contributed by atoms with E-state index in [9.17, 15) is 28.0 Å². The second-order valence-electron chi connectivity index (χ2n) is 17.4. The number of carbonyl (C=O) groups excluding carboxylic acids is 3. The smallest absolute Gasteiger partial charge is 0.329 e. The Hall–Kier alpha value is -6.28. The van der Waals surface area contributed by atoms with Crippen LogP contribution in [0.25, 0.3) is 33.6 Å². The zero-order valence-electron chi connectivity index (χ0n) is 35.0. The van der Waals surface area contributed by atoms with Gasteiger partial charge in [-0.1, -0.05) is 11.3 Å². The molecule has 1 unspecified atom stereocenters. The number of rotatable bonds is 10. The first-order valence-corrected chi connectivity index (χ1v) is 21.8. The van der Waals surface area contributed by atoms with Crippen LogP contribution in [0.15, 0.2) is 59.8 Å². The number of anilines is 1.